The minimum absolute atomic E-state index is 0.105. The van der Waals surface area contributed by atoms with Crippen molar-refractivity contribution in [3.63, 3.8) is 0 Å². The van der Waals surface area contributed by atoms with Crippen LogP contribution in [0.5, 0.6) is 0 Å². The third-order valence-electron chi connectivity index (χ3n) is 3.75. The van der Waals surface area contributed by atoms with Gasteiger partial charge in [0.25, 0.3) is 0 Å². The molecule has 2 aromatic heterocycles. The Morgan fingerprint density at radius 1 is 1.52 bits per heavy atom. The van der Waals surface area contributed by atoms with Crippen molar-refractivity contribution in [3.8, 4) is 0 Å². The highest BCUT2D eigenvalue weighted by molar-refractivity contribution is 7.09. The van der Waals surface area contributed by atoms with E-state index in [-0.39, 0.29) is 11.9 Å². The van der Waals surface area contributed by atoms with Gasteiger partial charge in [-0.05, 0) is 31.0 Å². The average molecular weight is 304 g/mol. The summed E-state index contributed by atoms with van der Waals surface area (Å²) in [6.45, 7) is 2.47. The molecule has 0 saturated heterocycles. The Morgan fingerprint density at radius 2 is 2.43 bits per heavy atom. The lowest BCUT2D eigenvalue weighted by Crippen LogP contribution is -2.38. The Kier molecular flexibility index (Phi) is 4.36. The molecule has 6 heteroatoms. The highest BCUT2D eigenvalue weighted by atomic mass is 32.1. The molecule has 0 saturated carbocycles. The van der Waals surface area contributed by atoms with Crippen molar-refractivity contribution >= 4 is 17.2 Å². The Balaban J connectivity index is 1.51. The average Bonchev–Trinajstić information content (AvgIpc) is 3.09. The number of nitrogens with one attached hydrogen (secondary N) is 1. The fraction of sp³-hybridized carbons (Fsp3) is 0.467. The van der Waals surface area contributed by atoms with E-state index in [1.54, 1.807) is 11.3 Å². The molecule has 1 aliphatic heterocycles. The molecule has 0 bridgehead atoms. The Labute approximate surface area is 128 Å². The lowest BCUT2D eigenvalue weighted by molar-refractivity contribution is -0.122. The number of carbonyl (C=O) groups excluding carboxylic acids is 1. The van der Waals surface area contributed by atoms with Crippen LogP contribution in [0, 0.1) is 0 Å². The van der Waals surface area contributed by atoms with Crippen LogP contribution in [0.15, 0.2) is 29.8 Å². The predicted octanol–water partition coefficient (Wildman–Crippen LogP) is 1.68. The molecular formula is C15H20N4OS. The summed E-state index contributed by atoms with van der Waals surface area (Å²) in [7, 11) is 2.08. The van der Waals surface area contributed by atoms with Gasteiger partial charge in [0.1, 0.15) is 0 Å². The zero-order valence-corrected chi connectivity index (χ0v) is 13.0. The van der Waals surface area contributed by atoms with Gasteiger partial charge in [-0.25, -0.2) is 0 Å². The van der Waals surface area contributed by atoms with Gasteiger partial charge in [-0.2, -0.15) is 5.10 Å². The van der Waals surface area contributed by atoms with Gasteiger partial charge in [0.2, 0.25) is 5.91 Å². The van der Waals surface area contributed by atoms with Crippen molar-refractivity contribution in [2.75, 3.05) is 20.1 Å². The van der Waals surface area contributed by atoms with E-state index < -0.39 is 0 Å². The quantitative estimate of drug-likeness (QED) is 0.914. The fourth-order valence-corrected chi connectivity index (χ4v) is 3.50. The summed E-state index contributed by atoms with van der Waals surface area (Å²) in [5, 5.41) is 9.44. The molecule has 0 fully saturated rings. The van der Waals surface area contributed by atoms with Gasteiger partial charge in [0.05, 0.1) is 18.2 Å². The van der Waals surface area contributed by atoms with Gasteiger partial charge in [-0.1, -0.05) is 6.07 Å². The van der Waals surface area contributed by atoms with E-state index in [0.29, 0.717) is 13.0 Å². The van der Waals surface area contributed by atoms with Crippen molar-refractivity contribution in [3.05, 3.63) is 40.3 Å². The summed E-state index contributed by atoms with van der Waals surface area (Å²) >= 11 is 1.73. The summed E-state index contributed by atoms with van der Waals surface area (Å²) in [6.07, 6.45) is 3.21. The molecule has 112 valence electrons. The van der Waals surface area contributed by atoms with Crippen LogP contribution >= 0.6 is 11.3 Å². The number of thiophene rings is 1. The van der Waals surface area contributed by atoms with Crippen LogP contribution in [0.3, 0.4) is 0 Å². The molecule has 2 aromatic rings. The molecule has 0 spiro atoms. The molecular weight excluding hydrogens is 284 g/mol. The van der Waals surface area contributed by atoms with Gasteiger partial charge in [-0.3, -0.25) is 14.4 Å². The minimum Gasteiger partial charge on any atom is -0.356 e. The molecule has 1 atom stereocenters. The molecule has 0 aromatic carbocycles. The normalized spacial score (nSPS) is 18.4. The summed E-state index contributed by atoms with van der Waals surface area (Å²) in [4.78, 5) is 15.7. The SMILES string of the molecule is CN1Cc2ccnn2[C@H](CC(=O)NCCc2cccs2)C1. The first kappa shape index (κ1) is 14.3. The van der Waals surface area contributed by atoms with Gasteiger partial charge >= 0.3 is 0 Å². The first-order chi connectivity index (χ1) is 10.2. The second kappa shape index (κ2) is 6.41. The molecule has 3 heterocycles. The maximum atomic E-state index is 12.1. The lowest BCUT2D eigenvalue weighted by atomic mass is 10.1. The van der Waals surface area contributed by atoms with Crippen LogP contribution in [0.1, 0.15) is 23.0 Å². The van der Waals surface area contributed by atoms with Crippen LogP contribution in [0.25, 0.3) is 0 Å². The van der Waals surface area contributed by atoms with Gasteiger partial charge in [0.15, 0.2) is 0 Å². The van der Waals surface area contributed by atoms with Gasteiger partial charge in [0, 0.05) is 30.7 Å². The minimum atomic E-state index is 0.105. The summed E-state index contributed by atoms with van der Waals surface area (Å²) in [5.41, 5.74) is 1.18. The Bertz CT molecular complexity index is 593. The molecule has 1 amide bonds. The number of hydrogen-bond donors (Lipinski definition) is 1. The smallest absolute Gasteiger partial charge is 0.222 e. The van der Waals surface area contributed by atoms with E-state index in [9.17, 15) is 4.79 Å². The molecule has 1 N–H and O–H groups in total. The fourth-order valence-electron chi connectivity index (χ4n) is 2.79. The van der Waals surface area contributed by atoms with Crippen LogP contribution < -0.4 is 5.32 Å². The largest absolute Gasteiger partial charge is 0.356 e. The number of hydrogen-bond acceptors (Lipinski definition) is 4. The number of rotatable bonds is 5. The number of likely N-dealkylation sites (N-methyl/N-ethyl adjacent to an activating group) is 1. The van der Waals surface area contributed by atoms with Crippen molar-refractivity contribution in [1.82, 2.24) is 20.0 Å². The first-order valence-corrected chi connectivity index (χ1v) is 8.10. The number of aromatic nitrogens is 2. The number of nitrogens with zero attached hydrogens (tertiary/aromatic N) is 3. The monoisotopic (exact) mass is 304 g/mol. The lowest BCUT2D eigenvalue weighted by Gasteiger charge is -2.31. The summed E-state index contributed by atoms with van der Waals surface area (Å²) in [5.74, 6) is 0.105. The molecule has 0 radical (unpaired) electrons. The van der Waals surface area contributed by atoms with E-state index in [0.717, 1.165) is 19.5 Å². The molecule has 0 aliphatic carbocycles. The predicted molar refractivity (Wildman–Crippen MR) is 83.2 cm³/mol. The summed E-state index contributed by atoms with van der Waals surface area (Å²) < 4.78 is 2.00. The van der Waals surface area contributed by atoms with Gasteiger partial charge in [-0.15, -0.1) is 11.3 Å². The molecule has 1 aliphatic rings. The maximum absolute atomic E-state index is 12.1. The van der Waals surface area contributed by atoms with E-state index in [1.165, 1.54) is 10.6 Å². The standard InChI is InChI=1S/C15H20N4OS/c1-18-10-12-4-7-17-19(12)13(11-18)9-15(20)16-6-5-14-3-2-8-21-14/h2-4,7-8,13H,5-6,9-11H2,1H3,(H,16,20)/t13-/m1/s1. The van der Waals surface area contributed by atoms with Crippen molar-refractivity contribution < 1.29 is 4.79 Å². The Hall–Kier alpha value is -1.66. The highest BCUT2D eigenvalue weighted by Gasteiger charge is 2.25. The van der Waals surface area contributed by atoms with Crippen molar-refractivity contribution in [2.24, 2.45) is 0 Å². The van der Waals surface area contributed by atoms with Crippen LogP contribution in [-0.4, -0.2) is 40.7 Å². The van der Waals surface area contributed by atoms with E-state index >= 15 is 0 Å². The van der Waals surface area contributed by atoms with Crippen LogP contribution in [0.4, 0.5) is 0 Å². The van der Waals surface area contributed by atoms with Crippen molar-refractivity contribution in [1.29, 1.82) is 0 Å². The molecule has 3 rings (SSSR count). The zero-order valence-electron chi connectivity index (χ0n) is 12.2. The highest BCUT2D eigenvalue weighted by Crippen LogP contribution is 2.21. The Morgan fingerprint density at radius 3 is 3.24 bits per heavy atom. The van der Waals surface area contributed by atoms with E-state index in [1.807, 2.05) is 23.0 Å². The number of fused-ring (bicyclic) bond motifs is 1. The second-order valence-electron chi connectivity index (χ2n) is 5.50. The molecule has 0 unspecified atom stereocenters. The topological polar surface area (TPSA) is 50.2 Å². The van der Waals surface area contributed by atoms with E-state index in [2.05, 4.69) is 33.8 Å². The van der Waals surface area contributed by atoms with Gasteiger partial charge < -0.3 is 5.32 Å². The summed E-state index contributed by atoms with van der Waals surface area (Å²) in [6, 6.07) is 6.30. The third-order valence-corrected chi connectivity index (χ3v) is 4.68. The van der Waals surface area contributed by atoms with Crippen LogP contribution in [0.2, 0.25) is 0 Å². The van der Waals surface area contributed by atoms with Crippen molar-refractivity contribution in [2.45, 2.75) is 25.4 Å². The molecule has 5 nitrogen and oxygen atoms in total. The number of amides is 1. The zero-order chi connectivity index (χ0) is 14.7. The molecule has 21 heavy (non-hydrogen) atoms. The number of carbonyl (C=O) groups is 1. The third kappa shape index (κ3) is 3.51. The van der Waals surface area contributed by atoms with E-state index in [4.69, 9.17) is 0 Å². The van der Waals surface area contributed by atoms with Crippen LogP contribution in [-0.2, 0) is 17.8 Å². The second-order valence-corrected chi connectivity index (χ2v) is 6.53. The first-order valence-electron chi connectivity index (χ1n) is 7.22. The maximum Gasteiger partial charge on any atom is 0.222 e.